The predicted octanol–water partition coefficient (Wildman–Crippen LogP) is 5.26. The van der Waals surface area contributed by atoms with Crippen LogP contribution in [0.4, 0.5) is 26.3 Å². The number of hydrogen-bond acceptors (Lipinski definition) is 2. The topological polar surface area (TPSA) is 41.1 Å². The number of fused-ring (bicyclic) bond motifs is 1. The number of aryl methyl sites for hydroxylation is 1. The standard InChI is InChI=1S/C22H20F6N2O/c23-21(24,25)17-10-15(11-18(12-17)22(26,27)28)6-8-30-20-4-2-16-9-14(1-3-19(16)20)5-7-29-13-31/h1,3,5,7,9-13,20,30H,2,4,6,8H2,(H,29,31)/b7-5+. The van der Waals surface area contributed by atoms with Crippen molar-refractivity contribution in [1.82, 2.24) is 10.6 Å². The predicted molar refractivity (Wildman–Crippen MR) is 104 cm³/mol. The molecule has 2 N–H and O–H groups in total. The molecule has 0 radical (unpaired) electrons. The molecule has 1 aliphatic carbocycles. The molecule has 1 unspecified atom stereocenters. The second-order valence-electron chi connectivity index (χ2n) is 7.29. The van der Waals surface area contributed by atoms with Crippen molar-refractivity contribution in [3.8, 4) is 0 Å². The highest BCUT2D eigenvalue weighted by Crippen LogP contribution is 2.36. The zero-order valence-corrected chi connectivity index (χ0v) is 16.3. The Kier molecular flexibility index (Phi) is 6.74. The van der Waals surface area contributed by atoms with E-state index in [1.807, 2.05) is 18.2 Å². The van der Waals surface area contributed by atoms with E-state index in [-0.39, 0.29) is 30.6 Å². The van der Waals surface area contributed by atoms with E-state index < -0.39 is 23.5 Å². The molecule has 0 spiro atoms. The highest BCUT2D eigenvalue weighted by atomic mass is 19.4. The first-order chi connectivity index (χ1) is 14.6. The van der Waals surface area contributed by atoms with Crippen LogP contribution < -0.4 is 10.6 Å². The van der Waals surface area contributed by atoms with Gasteiger partial charge in [0.15, 0.2) is 0 Å². The van der Waals surface area contributed by atoms with Crippen molar-refractivity contribution in [2.24, 2.45) is 0 Å². The summed E-state index contributed by atoms with van der Waals surface area (Å²) in [6.45, 7) is 0.244. The summed E-state index contributed by atoms with van der Waals surface area (Å²) in [7, 11) is 0. The van der Waals surface area contributed by atoms with Gasteiger partial charge >= 0.3 is 12.4 Å². The smallest absolute Gasteiger partial charge is 0.335 e. The van der Waals surface area contributed by atoms with E-state index >= 15 is 0 Å². The maximum atomic E-state index is 13.0. The second-order valence-corrected chi connectivity index (χ2v) is 7.29. The molecule has 2 aromatic carbocycles. The van der Waals surface area contributed by atoms with Crippen LogP contribution in [0.3, 0.4) is 0 Å². The first-order valence-electron chi connectivity index (χ1n) is 9.59. The molecule has 0 saturated heterocycles. The normalized spacial score (nSPS) is 16.5. The molecule has 0 fully saturated rings. The molecule has 31 heavy (non-hydrogen) atoms. The minimum atomic E-state index is -4.85. The average Bonchev–Trinajstić information content (AvgIpc) is 3.09. The molecular formula is C22H20F6N2O. The molecule has 3 nitrogen and oxygen atoms in total. The van der Waals surface area contributed by atoms with Crippen molar-refractivity contribution in [2.45, 2.75) is 37.7 Å². The summed E-state index contributed by atoms with van der Waals surface area (Å²) in [5, 5.41) is 5.66. The number of carbonyl (C=O) groups excluding carboxylic acids is 1. The van der Waals surface area contributed by atoms with Gasteiger partial charge in [0.25, 0.3) is 0 Å². The Morgan fingerprint density at radius 2 is 1.65 bits per heavy atom. The Bertz CT molecular complexity index is 933. The van der Waals surface area contributed by atoms with Crippen molar-refractivity contribution in [3.63, 3.8) is 0 Å². The number of rotatable bonds is 7. The first-order valence-corrected chi connectivity index (χ1v) is 9.59. The molecule has 0 aliphatic heterocycles. The van der Waals surface area contributed by atoms with Gasteiger partial charge in [0.2, 0.25) is 6.41 Å². The van der Waals surface area contributed by atoms with Crippen LogP contribution in [0.15, 0.2) is 42.6 Å². The van der Waals surface area contributed by atoms with Gasteiger partial charge in [-0.25, -0.2) is 0 Å². The van der Waals surface area contributed by atoms with Crippen molar-refractivity contribution in [3.05, 3.63) is 76.0 Å². The van der Waals surface area contributed by atoms with Crippen LogP contribution in [0.1, 0.15) is 45.8 Å². The Labute approximate surface area is 175 Å². The SMILES string of the molecule is O=CN/C=C/c1ccc2c(c1)CCC2NCCc1cc(C(F)(F)F)cc(C(F)(F)F)c1. The Morgan fingerprint density at radius 1 is 0.968 bits per heavy atom. The van der Waals surface area contributed by atoms with E-state index in [4.69, 9.17) is 0 Å². The van der Waals surface area contributed by atoms with Crippen molar-refractivity contribution >= 4 is 12.5 Å². The third kappa shape index (κ3) is 5.88. The number of nitrogens with one attached hydrogen (secondary N) is 2. The number of amides is 1. The van der Waals surface area contributed by atoms with E-state index in [0.29, 0.717) is 6.41 Å². The summed E-state index contributed by atoms with van der Waals surface area (Å²) in [6.07, 6.45) is -4.24. The van der Waals surface area contributed by atoms with E-state index in [2.05, 4.69) is 10.6 Å². The lowest BCUT2D eigenvalue weighted by Crippen LogP contribution is -2.22. The van der Waals surface area contributed by atoms with Crippen LogP contribution in [0.5, 0.6) is 0 Å². The summed E-state index contributed by atoms with van der Waals surface area (Å²) in [5.41, 5.74) is 0.472. The molecule has 0 heterocycles. The second kappa shape index (κ2) is 9.13. The third-order valence-electron chi connectivity index (χ3n) is 5.14. The third-order valence-corrected chi connectivity index (χ3v) is 5.14. The lowest BCUT2D eigenvalue weighted by molar-refractivity contribution is -0.143. The van der Waals surface area contributed by atoms with Gasteiger partial charge in [-0.1, -0.05) is 18.2 Å². The van der Waals surface area contributed by atoms with Gasteiger partial charge in [0.1, 0.15) is 0 Å². The van der Waals surface area contributed by atoms with E-state index in [1.165, 1.54) is 6.20 Å². The molecule has 1 aliphatic rings. The summed E-state index contributed by atoms with van der Waals surface area (Å²) in [4.78, 5) is 10.3. The van der Waals surface area contributed by atoms with E-state index in [0.717, 1.165) is 41.7 Å². The average molecular weight is 442 g/mol. The Morgan fingerprint density at radius 3 is 2.26 bits per heavy atom. The Hall–Kier alpha value is -2.81. The van der Waals surface area contributed by atoms with Crippen molar-refractivity contribution < 1.29 is 31.1 Å². The van der Waals surface area contributed by atoms with Crippen LogP contribution in [0, 0.1) is 0 Å². The summed E-state index contributed by atoms with van der Waals surface area (Å²) in [5.74, 6) is 0. The minimum absolute atomic E-state index is 0.0176. The molecule has 166 valence electrons. The highest BCUT2D eigenvalue weighted by Gasteiger charge is 2.36. The van der Waals surface area contributed by atoms with Gasteiger partial charge in [-0.3, -0.25) is 4.79 Å². The first kappa shape index (κ1) is 22.9. The van der Waals surface area contributed by atoms with Gasteiger partial charge in [0, 0.05) is 12.2 Å². The summed E-state index contributed by atoms with van der Waals surface area (Å²) in [6, 6.07) is 7.46. The Balaban J connectivity index is 1.67. The van der Waals surface area contributed by atoms with Crippen molar-refractivity contribution in [2.75, 3.05) is 6.54 Å². The van der Waals surface area contributed by atoms with Crippen LogP contribution in [0.25, 0.3) is 6.08 Å². The molecule has 1 amide bonds. The van der Waals surface area contributed by atoms with Crippen LogP contribution in [0.2, 0.25) is 0 Å². The van der Waals surface area contributed by atoms with Gasteiger partial charge in [-0.2, -0.15) is 26.3 Å². The molecule has 9 heteroatoms. The number of alkyl halides is 6. The maximum absolute atomic E-state index is 13.0. The van der Waals surface area contributed by atoms with Crippen LogP contribution in [-0.4, -0.2) is 13.0 Å². The van der Waals surface area contributed by atoms with Gasteiger partial charge in [-0.15, -0.1) is 0 Å². The van der Waals surface area contributed by atoms with Gasteiger partial charge in [-0.05, 0) is 72.3 Å². The molecular weight excluding hydrogens is 422 g/mol. The summed E-state index contributed by atoms with van der Waals surface area (Å²) < 4.78 is 77.9. The number of carbonyl (C=O) groups is 1. The largest absolute Gasteiger partial charge is 0.416 e. The number of halogens is 6. The van der Waals surface area contributed by atoms with Crippen molar-refractivity contribution in [1.29, 1.82) is 0 Å². The monoisotopic (exact) mass is 442 g/mol. The highest BCUT2D eigenvalue weighted by molar-refractivity contribution is 5.57. The van der Waals surface area contributed by atoms with Crippen LogP contribution in [-0.2, 0) is 30.0 Å². The fourth-order valence-corrected chi connectivity index (χ4v) is 3.69. The molecule has 1 atom stereocenters. The van der Waals surface area contributed by atoms with E-state index in [9.17, 15) is 31.1 Å². The summed E-state index contributed by atoms with van der Waals surface area (Å²) >= 11 is 0. The van der Waals surface area contributed by atoms with Gasteiger partial charge < -0.3 is 10.6 Å². The fraction of sp³-hybridized carbons (Fsp3) is 0.318. The quantitative estimate of drug-likeness (QED) is 0.454. The lowest BCUT2D eigenvalue weighted by Gasteiger charge is -2.16. The number of hydrogen-bond donors (Lipinski definition) is 2. The molecule has 3 rings (SSSR count). The zero-order valence-electron chi connectivity index (χ0n) is 16.3. The molecule has 0 bridgehead atoms. The fourth-order valence-electron chi connectivity index (χ4n) is 3.69. The maximum Gasteiger partial charge on any atom is 0.416 e. The lowest BCUT2D eigenvalue weighted by atomic mass is 10.0. The minimum Gasteiger partial charge on any atom is -0.335 e. The zero-order chi connectivity index (χ0) is 22.6. The molecule has 0 saturated carbocycles. The van der Waals surface area contributed by atoms with Gasteiger partial charge in [0.05, 0.1) is 11.1 Å². The van der Waals surface area contributed by atoms with Crippen LogP contribution >= 0.6 is 0 Å². The molecule has 2 aromatic rings. The molecule has 0 aromatic heterocycles. The van der Waals surface area contributed by atoms with E-state index in [1.54, 1.807) is 6.08 Å². The number of benzene rings is 2.